The zero-order valence-electron chi connectivity index (χ0n) is 16.4. The number of likely N-dealkylation sites (tertiary alicyclic amines) is 1. The summed E-state index contributed by atoms with van der Waals surface area (Å²) in [5.74, 6) is -1.02. The Morgan fingerprint density at radius 2 is 1.90 bits per heavy atom. The van der Waals surface area contributed by atoms with Crippen LogP contribution >= 0.6 is 0 Å². The molecule has 2 fully saturated rings. The van der Waals surface area contributed by atoms with E-state index in [1.165, 1.54) is 5.56 Å². The van der Waals surface area contributed by atoms with Crippen molar-refractivity contribution >= 4 is 11.8 Å². The van der Waals surface area contributed by atoms with Crippen LogP contribution in [0.25, 0.3) is 0 Å². The van der Waals surface area contributed by atoms with Gasteiger partial charge in [0.25, 0.3) is 0 Å². The first-order chi connectivity index (χ1) is 14.1. The molecular weight excluding hydrogens is 364 g/mol. The van der Waals surface area contributed by atoms with Gasteiger partial charge in [0.2, 0.25) is 11.8 Å². The lowest BCUT2D eigenvalue weighted by Crippen LogP contribution is -2.43. The molecule has 5 rings (SSSR count). The van der Waals surface area contributed by atoms with Gasteiger partial charge in [-0.2, -0.15) is 0 Å². The predicted octanol–water partition coefficient (Wildman–Crippen LogP) is 2.59. The fourth-order valence-electron chi connectivity index (χ4n) is 4.83. The summed E-state index contributed by atoms with van der Waals surface area (Å²) in [5.41, 5.74) is 2.65. The first-order valence-electron chi connectivity index (χ1n) is 10.1. The zero-order valence-corrected chi connectivity index (χ0v) is 16.4. The molecule has 0 saturated carbocycles. The van der Waals surface area contributed by atoms with Gasteiger partial charge in [-0.1, -0.05) is 72.3 Å². The topological polar surface area (TPSA) is 58.6 Å². The Kier molecular flexibility index (Phi) is 4.28. The van der Waals surface area contributed by atoms with Crippen molar-refractivity contribution in [3.05, 3.63) is 83.4 Å². The number of carbonyl (C=O) groups excluding carboxylic acids is 2. The van der Waals surface area contributed by atoms with Crippen LogP contribution in [-0.2, 0) is 27.4 Å². The lowest BCUT2D eigenvalue weighted by Gasteiger charge is -2.23. The first kappa shape index (κ1) is 18.1. The fourth-order valence-corrected chi connectivity index (χ4v) is 4.83. The molecule has 2 saturated heterocycles. The number of hydrogen-bond donors (Lipinski definition) is 1. The molecule has 3 heterocycles. The van der Waals surface area contributed by atoms with Crippen LogP contribution in [0, 0.1) is 18.8 Å². The van der Waals surface area contributed by atoms with Crippen molar-refractivity contribution < 1.29 is 14.3 Å². The fraction of sp³-hybridized carbons (Fsp3) is 0.333. The van der Waals surface area contributed by atoms with Gasteiger partial charge >= 0.3 is 0 Å². The molecule has 5 heteroatoms. The van der Waals surface area contributed by atoms with Crippen LogP contribution in [0.15, 0.2) is 66.7 Å². The molecule has 2 amide bonds. The number of ether oxygens (including phenoxy) is 1. The normalized spacial score (nSPS) is 29.3. The summed E-state index contributed by atoms with van der Waals surface area (Å²) in [7, 11) is 0. The average Bonchev–Trinajstić information content (AvgIpc) is 3.37. The number of carbonyl (C=O) groups is 2. The van der Waals surface area contributed by atoms with Crippen LogP contribution in [0.3, 0.4) is 0 Å². The summed E-state index contributed by atoms with van der Waals surface area (Å²) in [5, 5.41) is 3.00. The van der Waals surface area contributed by atoms with Crippen LogP contribution in [0.2, 0.25) is 0 Å². The Bertz CT molecular complexity index is 969. The maximum atomic E-state index is 13.3. The maximum Gasteiger partial charge on any atom is 0.230 e. The van der Waals surface area contributed by atoms with E-state index >= 15 is 0 Å². The first-order valence-corrected chi connectivity index (χ1v) is 10.1. The number of amides is 2. The SMILES string of the molecule is Cc1ccc(CN2CC34C=CC(O3)[C@@H](C(=O)NCc3ccccc3)[C@H]4C2=O)cc1. The molecule has 2 unspecified atom stereocenters. The van der Waals surface area contributed by atoms with Gasteiger partial charge in [-0.25, -0.2) is 0 Å². The molecule has 148 valence electrons. The van der Waals surface area contributed by atoms with Crippen LogP contribution in [-0.4, -0.2) is 35.0 Å². The summed E-state index contributed by atoms with van der Waals surface area (Å²) in [6.45, 7) is 3.54. The smallest absolute Gasteiger partial charge is 0.230 e. The monoisotopic (exact) mass is 388 g/mol. The molecular formula is C24H24N2O3. The molecule has 1 N–H and O–H groups in total. The second kappa shape index (κ2) is 6.85. The minimum Gasteiger partial charge on any atom is -0.360 e. The van der Waals surface area contributed by atoms with Crippen LogP contribution in [0.1, 0.15) is 16.7 Å². The molecule has 2 aromatic carbocycles. The lowest BCUT2D eigenvalue weighted by atomic mass is 9.77. The van der Waals surface area contributed by atoms with Crippen molar-refractivity contribution in [3.8, 4) is 0 Å². The molecule has 29 heavy (non-hydrogen) atoms. The number of nitrogens with one attached hydrogen (secondary N) is 1. The van der Waals surface area contributed by atoms with E-state index in [0.29, 0.717) is 19.6 Å². The molecule has 0 aliphatic carbocycles. The van der Waals surface area contributed by atoms with Gasteiger partial charge < -0.3 is 15.0 Å². The number of aryl methyl sites for hydroxylation is 1. The third-order valence-corrected chi connectivity index (χ3v) is 6.29. The van der Waals surface area contributed by atoms with E-state index in [9.17, 15) is 9.59 Å². The zero-order chi connectivity index (χ0) is 20.0. The van der Waals surface area contributed by atoms with Crippen LogP contribution in [0.5, 0.6) is 0 Å². The highest BCUT2D eigenvalue weighted by atomic mass is 16.5. The van der Waals surface area contributed by atoms with E-state index < -0.39 is 17.4 Å². The highest BCUT2D eigenvalue weighted by Gasteiger charge is 2.66. The van der Waals surface area contributed by atoms with E-state index in [4.69, 9.17) is 4.74 Å². The van der Waals surface area contributed by atoms with Crippen molar-refractivity contribution in [1.29, 1.82) is 0 Å². The van der Waals surface area contributed by atoms with Crippen molar-refractivity contribution in [2.75, 3.05) is 6.54 Å². The molecule has 3 aliphatic rings. The molecule has 2 bridgehead atoms. The standard InChI is InChI=1S/C24H24N2O3/c1-16-7-9-18(10-8-16)14-26-15-24-12-11-19(29-24)20(21(24)23(26)28)22(27)25-13-17-5-3-2-4-6-17/h2-12,19-21H,13-15H2,1H3,(H,25,27)/t19?,20-,21+,24?/m1/s1. The summed E-state index contributed by atoms with van der Waals surface area (Å²) in [4.78, 5) is 28.1. The lowest BCUT2D eigenvalue weighted by molar-refractivity contribution is -0.137. The molecule has 0 aromatic heterocycles. The Morgan fingerprint density at radius 1 is 1.14 bits per heavy atom. The predicted molar refractivity (Wildman–Crippen MR) is 109 cm³/mol. The number of rotatable bonds is 5. The van der Waals surface area contributed by atoms with Crippen LogP contribution in [0.4, 0.5) is 0 Å². The van der Waals surface area contributed by atoms with Gasteiger partial charge in [0.1, 0.15) is 5.60 Å². The molecule has 2 aromatic rings. The van der Waals surface area contributed by atoms with Gasteiger partial charge in [-0.15, -0.1) is 0 Å². The van der Waals surface area contributed by atoms with Crippen LogP contribution < -0.4 is 5.32 Å². The van der Waals surface area contributed by atoms with Gasteiger partial charge in [0, 0.05) is 13.1 Å². The van der Waals surface area contributed by atoms with E-state index in [1.807, 2.05) is 66.4 Å². The van der Waals surface area contributed by atoms with E-state index in [0.717, 1.165) is 11.1 Å². The Balaban J connectivity index is 1.32. The second-order valence-corrected chi connectivity index (χ2v) is 8.28. The Hall–Kier alpha value is -2.92. The summed E-state index contributed by atoms with van der Waals surface area (Å²) >= 11 is 0. The van der Waals surface area contributed by atoms with Crippen molar-refractivity contribution in [1.82, 2.24) is 10.2 Å². The second-order valence-electron chi connectivity index (χ2n) is 8.28. The number of hydrogen-bond acceptors (Lipinski definition) is 3. The highest BCUT2D eigenvalue weighted by Crippen LogP contribution is 2.52. The third-order valence-electron chi connectivity index (χ3n) is 6.29. The maximum absolute atomic E-state index is 13.3. The van der Waals surface area contributed by atoms with E-state index in [2.05, 4.69) is 17.4 Å². The largest absolute Gasteiger partial charge is 0.360 e. The molecule has 4 atom stereocenters. The summed E-state index contributed by atoms with van der Waals surface area (Å²) in [6.07, 6.45) is 3.63. The Labute approximate surface area is 170 Å². The van der Waals surface area contributed by atoms with Gasteiger partial charge in [0.05, 0.1) is 24.5 Å². The number of nitrogens with zero attached hydrogens (tertiary/aromatic N) is 1. The number of fused-ring (bicyclic) bond motifs is 1. The molecule has 5 nitrogen and oxygen atoms in total. The summed E-state index contributed by atoms with van der Waals surface area (Å²) in [6, 6.07) is 18.0. The third kappa shape index (κ3) is 3.06. The van der Waals surface area contributed by atoms with Crippen molar-refractivity contribution in [3.63, 3.8) is 0 Å². The molecule has 1 spiro atoms. The van der Waals surface area contributed by atoms with Crippen molar-refractivity contribution in [2.45, 2.75) is 31.7 Å². The van der Waals surface area contributed by atoms with Crippen molar-refractivity contribution in [2.24, 2.45) is 11.8 Å². The van der Waals surface area contributed by atoms with Gasteiger partial charge in [-0.05, 0) is 18.1 Å². The van der Waals surface area contributed by atoms with E-state index in [1.54, 1.807) is 0 Å². The minimum absolute atomic E-state index is 0.0114. The summed E-state index contributed by atoms with van der Waals surface area (Å²) < 4.78 is 6.19. The Morgan fingerprint density at radius 3 is 2.66 bits per heavy atom. The molecule has 0 radical (unpaired) electrons. The molecule has 3 aliphatic heterocycles. The van der Waals surface area contributed by atoms with Gasteiger partial charge in [0.15, 0.2) is 0 Å². The van der Waals surface area contributed by atoms with E-state index in [-0.39, 0.29) is 17.9 Å². The quantitative estimate of drug-likeness (QED) is 0.801. The number of benzene rings is 2. The average molecular weight is 388 g/mol. The highest BCUT2D eigenvalue weighted by molar-refractivity contribution is 5.93. The minimum atomic E-state index is -0.665. The van der Waals surface area contributed by atoms with Gasteiger partial charge in [-0.3, -0.25) is 9.59 Å².